The molecule has 1 aliphatic carbocycles. The lowest BCUT2D eigenvalue weighted by Gasteiger charge is -2.18. The van der Waals surface area contributed by atoms with Gasteiger partial charge < -0.3 is 0 Å². The number of benzene rings is 1. The molecule has 0 bridgehead atoms. The summed E-state index contributed by atoms with van der Waals surface area (Å²) < 4.78 is 0. The van der Waals surface area contributed by atoms with Crippen molar-refractivity contribution in [3.8, 4) is 11.3 Å². The minimum absolute atomic E-state index is 1.16. The zero-order chi connectivity index (χ0) is 10.4. The van der Waals surface area contributed by atoms with Crippen molar-refractivity contribution in [2.75, 3.05) is 0 Å². The molecule has 1 aromatic heterocycles. The normalized spacial score (nSPS) is 13.5. The predicted molar refractivity (Wildman–Crippen MR) is 64.4 cm³/mol. The second kappa shape index (κ2) is 3.17. The fraction of sp³-hybridized carbons (Fsp3) is 0.308. The average Bonchev–Trinajstić information content (AvgIpc) is 2.48. The SMILES string of the molecule is Cc1nc(-c2ccc3c(c2)CC3)c(C)s1. The van der Waals surface area contributed by atoms with Crippen molar-refractivity contribution in [3.05, 3.63) is 39.2 Å². The quantitative estimate of drug-likeness (QED) is 0.709. The van der Waals surface area contributed by atoms with Gasteiger partial charge in [-0.3, -0.25) is 0 Å². The second-order valence-electron chi connectivity index (χ2n) is 4.12. The van der Waals surface area contributed by atoms with Crippen molar-refractivity contribution in [2.45, 2.75) is 26.7 Å². The van der Waals surface area contributed by atoms with Gasteiger partial charge in [0, 0.05) is 10.4 Å². The summed E-state index contributed by atoms with van der Waals surface area (Å²) in [6.07, 6.45) is 2.50. The summed E-state index contributed by atoms with van der Waals surface area (Å²) in [6.45, 7) is 4.22. The maximum Gasteiger partial charge on any atom is 0.0904 e. The van der Waals surface area contributed by atoms with Crippen LogP contribution in [0.1, 0.15) is 21.0 Å². The monoisotopic (exact) mass is 215 g/mol. The van der Waals surface area contributed by atoms with E-state index in [2.05, 4.69) is 37.0 Å². The number of hydrogen-bond acceptors (Lipinski definition) is 2. The van der Waals surface area contributed by atoms with Crippen molar-refractivity contribution in [3.63, 3.8) is 0 Å². The van der Waals surface area contributed by atoms with Gasteiger partial charge in [-0.1, -0.05) is 12.1 Å². The Kier molecular flexibility index (Phi) is 1.93. The Labute approximate surface area is 93.8 Å². The van der Waals surface area contributed by atoms with E-state index in [1.165, 1.54) is 40.1 Å². The van der Waals surface area contributed by atoms with E-state index in [4.69, 9.17) is 0 Å². The molecule has 3 rings (SSSR count). The van der Waals surface area contributed by atoms with Crippen LogP contribution < -0.4 is 0 Å². The molecule has 0 unspecified atom stereocenters. The number of aromatic nitrogens is 1. The Balaban J connectivity index is 2.12. The van der Waals surface area contributed by atoms with Crippen LogP contribution in [0.5, 0.6) is 0 Å². The first kappa shape index (κ1) is 9.10. The molecule has 1 nitrogen and oxygen atoms in total. The smallest absolute Gasteiger partial charge is 0.0904 e. The predicted octanol–water partition coefficient (Wildman–Crippen LogP) is 3.53. The molecular formula is C13H13NS. The van der Waals surface area contributed by atoms with E-state index in [0.29, 0.717) is 0 Å². The number of rotatable bonds is 1. The van der Waals surface area contributed by atoms with Gasteiger partial charge in [0.25, 0.3) is 0 Å². The highest BCUT2D eigenvalue weighted by Crippen LogP contribution is 2.31. The molecule has 0 saturated carbocycles. The maximum atomic E-state index is 4.59. The Morgan fingerprint density at radius 2 is 1.93 bits per heavy atom. The third kappa shape index (κ3) is 1.40. The summed E-state index contributed by atoms with van der Waals surface area (Å²) in [5.74, 6) is 0. The van der Waals surface area contributed by atoms with Crippen LogP contribution in [0.2, 0.25) is 0 Å². The van der Waals surface area contributed by atoms with Crippen LogP contribution in [0, 0.1) is 13.8 Å². The topological polar surface area (TPSA) is 12.9 Å². The molecule has 0 saturated heterocycles. The Morgan fingerprint density at radius 1 is 1.13 bits per heavy atom. The van der Waals surface area contributed by atoms with E-state index in [9.17, 15) is 0 Å². The van der Waals surface area contributed by atoms with Crippen molar-refractivity contribution < 1.29 is 0 Å². The number of thiazole rings is 1. The zero-order valence-electron chi connectivity index (χ0n) is 9.00. The molecule has 0 fully saturated rings. The first-order valence-corrected chi connectivity index (χ1v) is 6.12. The van der Waals surface area contributed by atoms with Gasteiger partial charge in [0.2, 0.25) is 0 Å². The fourth-order valence-corrected chi connectivity index (χ4v) is 2.98. The third-order valence-corrected chi connectivity index (χ3v) is 3.93. The first-order chi connectivity index (χ1) is 7.24. The molecule has 15 heavy (non-hydrogen) atoms. The lowest BCUT2D eigenvalue weighted by molar-refractivity contribution is 0.840. The fourth-order valence-electron chi connectivity index (χ4n) is 2.14. The minimum Gasteiger partial charge on any atom is -0.241 e. The van der Waals surface area contributed by atoms with Crippen LogP contribution in [-0.4, -0.2) is 4.98 Å². The number of fused-ring (bicyclic) bond motifs is 1. The molecule has 76 valence electrons. The number of nitrogens with zero attached hydrogens (tertiary/aromatic N) is 1. The summed E-state index contributed by atoms with van der Waals surface area (Å²) in [4.78, 5) is 5.92. The minimum atomic E-state index is 1.16. The van der Waals surface area contributed by atoms with E-state index in [-0.39, 0.29) is 0 Å². The highest BCUT2D eigenvalue weighted by molar-refractivity contribution is 7.11. The molecule has 0 aliphatic heterocycles. The summed E-state index contributed by atoms with van der Waals surface area (Å²) in [5, 5.41) is 1.16. The van der Waals surface area contributed by atoms with Crippen LogP contribution >= 0.6 is 11.3 Å². The molecule has 1 aliphatic rings. The lowest BCUT2D eigenvalue weighted by Crippen LogP contribution is -2.07. The molecule has 0 amide bonds. The molecule has 0 atom stereocenters. The number of aryl methyl sites for hydroxylation is 4. The Bertz CT molecular complexity index is 525. The average molecular weight is 215 g/mol. The molecule has 2 heteroatoms. The van der Waals surface area contributed by atoms with Gasteiger partial charge in [-0.2, -0.15) is 0 Å². The summed E-state index contributed by atoms with van der Waals surface area (Å²) in [5.41, 5.74) is 5.49. The van der Waals surface area contributed by atoms with Crippen molar-refractivity contribution in [1.82, 2.24) is 4.98 Å². The number of hydrogen-bond donors (Lipinski definition) is 0. The van der Waals surface area contributed by atoms with Crippen LogP contribution in [0.4, 0.5) is 0 Å². The highest BCUT2D eigenvalue weighted by Gasteiger charge is 2.15. The van der Waals surface area contributed by atoms with Gasteiger partial charge in [-0.25, -0.2) is 4.98 Å². The van der Waals surface area contributed by atoms with E-state index >= 15 is 0 Å². The molecule has 2 aromatic rings. The summed E-state index contributed by atoms with van der Waals surface area (Å²) in [6, 6.07) is 6.77. The van der Waals surface area contributed by atoms with Gasteiger partial charge in [0.15, 0.2) is 0 Å². The maximum absolute atomic E-state index is 4.59. The molecule has 0 spiro atoms. The third-order valence-electron chi connectivity index (χ3n) is 3.05. The van der Waals surface area contributed by atoms with Gasteiger partial charge in [-0.15, -0.1) is 11.3 Å². The first-order valence-electron chi connectivity index (χ1n) is 5.30. The van der Waals surface area contributed by atoms with E-state index < -0.39 is 0 Å². The second-order valence-corrected chi connectivity index (χ2v) is 5.53. The van der Waals surface area contributed by atoms with E-state index in [1.54, 1.807) is 11.3 Å². The van der Waals surface area contributed by atoms with Crippen molar-refractivity contribution in [1.29, 1.82) is 0 Å². The van der Waals surface area contributed by atoms with Crippen LogP contribution in [-0.2, 0) is 12.8 Å². The van der Waals surface area contributed by atoms with Crippen LogP contribution in [0.25, 0.3) is 11.3 Å². The van der Waals surface area contributed by atoms with Gasteiger partial charge in [0.05, 0.1) is 10.7 Å². The Hall–Kier alpha value is -1.15. The van der Waals surface area contributed by atoms with Crippen LogP contribution in [0.15, 0.2) is 18.2 Å². The molecule has 1 aromatic carbocycles. The highest BCUT2D eigenvalue weighted by atomic mass is 32.1. The standard InChI is InChI=1S/C13H13NS/c1-8-13(14-9(2)15-8)12-6-4-10-3-5-11(10)7-12/h4,6-7H,3,5H2,1-2H3. The largest absolute Gasteiger partial charge is 0.241 e. The molecule has 0 radical (unpaired) electrons. The van der Waals surface area contributed by atoms with Gasteiger partial charge in [-0.05, 0) is 43.9 Å². The molecule has 0 N–H and O–H groups in total. The van der Waals surface area contributed by atoms with Gasteiger partial charge >= 0.3 is 0 Å². The lowest BCUT2D eigenvalue weighted by atomic mass is 9.87. The van der Waals surface area contributed by atoms with E-state index in [0.717, 1.165) is 5.01 Å². The Morgan fingerprint density at radius 3 is 2.47 bits per heavy atom. The molecule has 1 heterocycles. The van der Waals surface area contributed by atoms with E-state index in [1.807, 2.05) is 0 Å². The van der Waals surface area contributed by atoms with Crippen molar-refractivity contribution >= 4 is 11.3 Å². The summed E-state index contributed by atoms with van der Waals surface area (Å²) >= 11 is 1.78. The van der Waals surface area contributed by atoms with Crippen molar-refractivity contribution in [2.24, 2.45) is 0 Å². The summed E-state index contributed by atoms with van der Waals surface area (Å²) in [7, 11) is 0. The van der Waals surface area contributed by atoms with Gasteiger partial charge in [0.1, 0.15) is 0 Å². The molecular weight excluding hydrogens is 202 g/mol. The van der Waals surface area contributed by atoms with Crippen LogP contribution in [0.3, 0.4) is 0 Å². The zero-order valence-corrected chi connectivity index (χ0v) is 9.82.